The van der Waals surface area contributed by atoms with E-state index in [1.807, 2.05) is 0 Å². The molecule has 0 saturated carbocycles. The van der Waals surface area contributed by atoms with Crippen molar-refractivity contribution in [3.63, 3.8) is 0 Å². The number of phosphoric acid groups is 1. The Morgan fingerprint density at radius 2 is 1.71 bits per heavy atom. The molecule has 186 valence electrons. The van der Waals surface area contributed by atoms with E-state index in [1.54, 1.807) is 19.1 Å². The quantitative estimate of drug-likeness (QED) is 0.302. The lowest BCUT2D eigenvalue weighted by atomic mass is 10.0. The van der Waals surface area contributed by atoms with Gasteiger partial charge in [-0.15, -0.1) is 0 Å². The summed E-state index contributed by atoms with van der Waals surface area (Å²) >= 11 is 0. The summed E-state index contributed by atoms with van der Waals surface area (Å²) < 4.78 is 33.7. The lowest BCUT2D eigenvalue weighted by molar-refractivity contribution is -0.128. The zero-order chi connectivity index (χ0) is 25.6. The van der Waals surface area contributed by atoms with Gasteiger partial charge in [0.2, 0.25) is 17.7 Å². The van der Waals surface area contributed by atoms with Crippen LogP contribution in [0.4, 0.5) is 4.39 Å². The van der Waals surface area contributed by atoms with Gasteiger partial charge in [0, 0.05) is 19.8 Å². The molecule has 0 aliphatic rings. The maximum absolute atomic E-state index is 13.1. The van der Waals surface area contributed by atoms with Gasteiger partial charge in [-0.05, 0) is 42.3 Å². The molecule has 3 aromatic rings. The number of carbonyl (C=O) groups excluding carboxylic acids is 2. The van der Waals surface area contributed by atoms with Gasteiger partial charge in [-0.2, -0.15) is 4.98 Å². The zero-order valence-corrected chi connectivity index (χ0v) is 19.7. The third-order valence-corrected chi connectivity index (χ3v) is 5.22. The Balaban J connectivity index is 1.63. The van der Waals surface area contributed by atoms with Crippen LogP contribution in [0.1, 0.15) is 42.7 Å². The first-order valence-corrected chi connectivity index (χ1v) is 12.0. The maximum Gasteiger partial charge on any atom is 0.524 e. The first-order valence-electron chi connectivity index (χ1n) is 10.5. The molecule has 0 aliphatic carbocycles. The van der Waals surface area contributed by atoms with Crippen LogP contribution in [0.3, 0.4) is 0 Å². The van der Waals surface area contributed by atoms with Gasteiger partial charge in [0.25, 0.3) is 0 Å². The van der Waals surface area contributed by atoms with E-state index in [4.69, 9.17) is 14.3 Å². The van der Waals surface area contributed by atoms with Crippen LogP contribution in [0.25, 0.3) is 0 Å². The molecule has 2 atom stereocenters. The predicted octanol–water partition coefficient (Wildman–Crippen LogP) is 2.20. The lowest BCUT2D eigenvalue weighted by Crippen LogP contribution is -2.48. The number of carbonyl (C=O) groups is 2. The fourth-order valence-electron chi connectivity index (χ4n) is 3.19. The van der Waals surface area contributed by atoms with E-state index in [1.165, 1.54) is 43.3 Å². The molecule has 1 heterocycles. The Morgan fingerprint density at radius 1 is 1.09 bits per heavy atom. The largest absolute Gasteiger partial charge is 0.524 e. The molecule has 4 N–H and O–H groups in total. The molecule has 13 heteroatoms. The highest BCUT2D eigenvalue weighted by atomic mass is 31.2. The fourth-order valence-corrected chi connectivity index (χ4v) is 3.59. The van der Waals surface area contributed by atoms with Crippen molar-refractivity contribution in [1.82, 2.24) is 20.8 Å². The molecule has 0 spiro atoms. The topological polar surface area (TPSA) is 164 Å². The smallest absolute Gasteiger partial charge is 0.404 e. The van der Waals surface area contributed by atoms with Crippen LogP contribution in [0.5, 0.6) is 5.75 Å². The summed E-state index contributed by atoms with van der Waals surface area (Å²) in [4.78, 5) is 46.6. The molecule has 2 aromatic carbocycles. The Labute approximate surface area is 199 Å². The number of benzene rings is 2. The Hall–Kier alpha value is -3.60. The van der Waals surface area contributed by atoms with Crippen LogP contribution in [0.15, 0.2) is 53.1 Å². The molecule has 35 heavy (non-hydrogen) atoms. The van der Waals surface area contributed by atoms with Crippen LogP contribution < -0.4 is 15.2 Å². The van der Waals surface area contributed by atoms with Gasteiger partial charge in [0.15, 0.2) is 5.82 Å². The number of phosphoric ester groups is 1. The molecule has 0 bridgehead atoms. The van der Waals surface area contributed by atoms with Crippen molar-refractivity contribution in [2.24, 2.45) is 0 Å². The van der Waals surface area contributed by atoms with Gasteiger partial charge < -0.3 is 19.7 Å². The van der Waals surface area contributed by atoms with Crippen LogP contribution in [-0.4, -0.2) is 37.8 Å². The number of halogens is 1. The number of amides is 2. The Bertz CT molecular complexity index is 1210. The second kappa shape index (κ2) is 11.2. The molecule has 2 amide bonds. The zero-order valence-electron chi connectivity index (χ0n) is 18.8. The summed E-state index contributed by atoms with van der Waals surface area (Å²) in [5, 5.41) is 9.19. The molecule has 0 fully saturated rings. The summed E-state index contributed by atoms with van der Waals surface area (Å²) in [5.74, 6) is -0.776. The van der Waals surface area contributed by atoms with Crippen molar-refractivity contribution in [3.8, 4) is 5.75 Å². The SMILES string of the molecule is CC(=O)N[C@@H](Cc1ccc(OP(=O)(O)O)cc1)C(=O)N[C@@H](C)c1nc(Cc2ccc(F)cc2)no1. The Kier molecular flexibility index (Phi) is 8.34. The first-order chi connectivity index (χ1) is 16.5. The summed E-state index contributed by atoms with van der Waals surface area (Å²) in [5.41, 5.74) is 1.40. The second-order valence-corrected chi connectivity index (χ2v) is 8.93. The molecule has 0 saturated heterocycles. The van der Waals surface area contributed by atoms with Gasteiger partial charge in [0.1, 0.15) is 23.7 Å². The van der Waals surface area contributed by atoms with Crippen molar-refractivity contribution in [1.29, 1.82) is 0 Å². The van der Waals surface area contributed by atoms with Gasteiger partial charge in [0.05, 0.1) is 0 Å². The van der Waals surface area contributed by atoms with Crippen molar-refractivity contribution in [2.45, 2.75) is 38.8 Å². The van der Waals surface area contributed by atoms with E-state index in [-0.39, 0.29) is 23.9 Å². The summed E-state index contributed by atoms with van der Waals surface area (Å²) in [6, 6.07) is 10.0. The average Bonchev–Trinajstić information content (AvgIpc) is 3.23. The predicted molar refractivity (Wildman–Crippen MR) is 120 cm³/mol. The number of rotatable bonds is 10. The second-order valence-electron chi connectivity index (χ2n) is 7.77. The molecular weight excluding hydrogens is 482 g/mol. The highest BCUT2D eigenvalue weighted by Crippen LogP contribution is 2.37. The molecule has 1 aromatic heterocycles. The molecule has 0 unspecified atom stereocenters. The maximum atomic E-state index is 13.1. The standard InChI is InChI=1S/C22H24FN4O7P/c1-13(22-26-20(27-33-22)12-16-3-7-17(23)8-4-16)24-21(29)19(25-14(2)28)11-15-5-9-18(10-6-15)34-35(30,31)32/h3-10,13,19H,11-12H2,1-2H3,(H,24,29)(H,25,28)(H2,30,31,32)/t13-,19-/m0/s1. The molecule has 0 aliphatic heterocycles. The third-order valence-electron chi connectivity index (χ3n) is 4.77. The van der Waals surface area contributed by atoms with E-state index in [0.717, 1.165) is 5.56 Å². The van der Waals surface area contributed by atoms with Crippen LogP contribution in [-0.2, 0) is 27.0 Å². The van der Waals surface area contributed by atoms with Crippen molar-refractivity contribution in [3.05, 3.63) is 77.2 Å². The third kappa shape index (κ3) is 8.29. The number of hydrogen-bond donors (Lipinski definition) is 4. The van der Waals surface area contributed by atoms with E-state index < -0.39 is 31.7 Å². The number of hydrogen-bond acceptors (Lipinski definition) is 7. The minimum atomic E-state index is -4.69. The van der Waals surface area contributed by atoms with Crippen LogP contribution in [0.2, 0.25) is 0 Å². The normalized spacial score (nSPS) is 13.1. The summed E-state index contributed by atoms with van der Waals surface area (Å²) in [6.45, 7) is 2.92. The first kappa shape index (κ1) is 26.0. The average molecular weight is 506 g/mol. The van der Waals surface area contributed by atoms with Crippen molar-refractivity contribution < 1.29 is 37.4 Å². The van der Waals surface area contributed by atoms with Crippen LogP contribution >= 0.6 is 7.82 Å². The van der Waals surface area contributed by atoms with Gasteiger partial charge in [-0.3, -0.25) is 19.4 Å². The molecular formula is C22H24FN4O7P. The monoisotopic (exact) mass is 506 g/mol. The van der Waals surface area contributed by atoms with Crippen molar-refractivity contribution in [2.75, 3.05) is 0 Å². The van der Waals surface area contributed by atoms with Gasteiger partial charge in [-0.1, -0.05) is 29.4 Å². The number of aromatic nitrogens is 2. The van der Waals surface area contributed by atoms with Gasteiger partial charge in [-0.25, -0.2) is 8.96 Å². The van der Waals surface area contributed by atoms with E-state index >= 15 is 0 Å². The van der Waals surface area contributed by atoms with E-state index in [2.05, 4.69) is 25.3 Å². The molecule has 3 rings (SSSR count). The minimum Gasteiger partial charge on any atom is -0.404 e. The highest BCUT2D eigenvalue weighted by molar-refractivity contribution is 7.46. The van der Waals surface area contributed by atoms with E-state index in [0.29, 0.717) is 17.8 Å². The summed E-state index contributed by atoms with van der Waals surface area (Å²) in [7, 11) is -4.69. The highest BCUT2D eigenvalue weighted by Gasteiger charge is 2.24. The minimum absolute atomic E-state index is 0.0379. The van der Waals surface area contributed by atoms with Gasteiger partial charge >= 0.3 is 7.82 Å². The van der Waals surface area contributed by atoms with Crippen LogP contribution in [0, 0.1) is 5.82 Å². The molecule has 11 nitrogen and oxygen atoms in total. The Morgan fingerprint density at radius 3 is 2.31 bits per heavy atom. The molecule has 0 radical (unpaired) electrons. The van der Waals surface area contributed by atoms with E-state index in [9.17, 15) is 18.5 Å². The van der Waals surface area contributed by atoms with Crippen molar-refractivity contribution >= 4 is 19.6 Å². The fraction of sp³-hybridized carbons (Fsp3) is 0.273. The summed E-state index contributed by atoms with van der Waals surface area (Å²) in [6.07, 6.45) is 0.425. The number of nitrogens with zero attached hydrogens (tertiary/aromatic N) is 2. The number of nitrogens with one attached hydrogen (secondary N) is 2. The lowest BCUT2D eigenvalue weighted by Gasteiger charge is -2.19.